The predicted molar refractivity (Wildman–Crippen MR) is 76.2 cm³/mol. The number of nitrogens with two attached hydrogens (primary N) is 1. The highest BCUT2D eigenvalue weighted by Gasteiger charge is 2.10. The minimum absolute atomic E-state index is 0.0412. The Morgan fingerprint density at radius 2 is 1.89 bits per heavy atom. The molecular formula is C16H19FN2. The second-order valence-corrected chi connectivity index (χ2v) is 4.66. The van der Waals surface area contributed by atoms with E-state index in [1.807, 2.05) is 24.3 Å². The summed E-state index contributed by atoms with van der Waals surface area (Å²) in [6.07, 6.45) is 0. The maximum Gasteiger partial charge on any atom is 0.126 e. The number of hydrogen-bond donors (Lipinski definition) is 2. The topological polar surface area (TPSA) is 38.0 Å². The zero-order valence-electron chi connectivity index (χ0n) is 11.1. The van der Waals surface area contributed by atoms with Crippen LogP contribution in [0.1, 0.15) is 22.7 Å². The first-order valence-corrected chi connectivity index (χ1v) is 6.44. The molecule has 2 aromatic carbocycles. The predicted octanol–water partition coefficient (Wildman–Crippen LogP) is 2.92. The van der Waals surface area contributed by atoms with Crippen molar-refractivity contribution in [1.29, 1.82) is 0 Å². The molecule has 2 rings (SSSR count). The minimum Gasteiger partial charge on any atom is -0.329 e. The van der Waals surface area contributed by atoms with Crippen molar-refractivity contribution in [3.63, 3.8) is 0 Å². The molecular weight excluding hydrogens is 239 g/mol. The Labute approximate surface area is 113 Å². The first-order chi connectivity index (χ1) is 9.20. The maximum atomic E-state index is 13.3. The average Bonchev–Trinajstić information content (AvgIpc) is 2.44. The molecule has 3 heteroatoms. The van der Waals surface area contributed by atoms with Crippen LogP contribution in [0.25, 0.3) is 0 Å². The molecule has 0 saturated carbocycles. The molecule has 0 aliphatic heterocycles. The molecule has 2 nitrogen and oxygen atoms in total. The van der Waals surface area contributed by atoms with Crippen molar-refractivity contribution in [2.45, 2.75) is 19.5 Å². The van der Waals surface area contributed by atoms with Gasteiger partial charge in [0.1, 0.15) is 5.82 Å². The Kier molecular flexibility index (Phi) is 4.66. The fourth-order valence-corrected chi connectivity index (χ4v) is 2.06. The van der Waals surface area contributed by atoms with Crippen LogP contribution < -0.4 is 11.1 Å². The molecule has 0 heterocycles. The van der Waals surface area contributed by atoms with Gasteiger partial charge in [-0.05, 0) is 29.7 Å². The lowest BCUT2D eigenvalue weighted by Gasteiger charge is -2.18. The van der Waals surface area contributed by atoms with E-state index in [0.29, 0.717) is 12.1 Å². The first kappa shape index (κ1) is 13.7. The molecule has 0 spiro atoms. The molecule has 0 fully saturated rings. The smallest absolute Gasteiger partial charge is 0.126 e. The second-order valence-electron chi connectivity index (χ2n) is 4.66. The van der Waals surface area contributed by atoms with Gasteiger partial charge in [-0.15, -0.1) is 0 Å². The summed E-state index contributed by atoms with van der Waals surface area (Å²) in [5.41, 5.74) is 8.68. The number of benzene rings is 2. The largest absolute Gasteiger partial charge is 0.329 e. The normalized spacial score (nSPS) is 12.4. The van der Waals surface area contributed by atoms with Gasteiger partial charge in [0.15, 0.2) is 0 Å². The van der Waals surface area contributed by atoms with Gasteiger partial charge in [0.25, 0.3) is 0 Å². The molecule has 0 bridgehead atoms. The number of hydrogen-bond acceptors (Lipinski definition) is 2. The Balaban J connectivity index is 2.05. The molecule has 100 valence electrons. The van der Waals surface area contributed by atoms with E-state index in [1.165, 1.54) is 11.6 Å². The van der Waals surface area contributed by atoms with E-state index in [4.69, 9.17) is 5.73 Å². The highest BCUT2D eigenvalue weighted by molar-refractivity contribution is 5.27. The minimum atomic E-state index is -0.178. The summed E-state index contributed by atoms with van der Waals surface area (Å²) in [6, 6.07) is 15.3. The van der Waals surface area contributed by atoms with Gasteiger partial charge in [0.2, 0.25) is 0 Å². The molecule has 0 aliphatic carbocycles. The Morgan fingerprint density at radius 1 is 1.16 bits per heavy atom. The van der Waals surface area contributed by atoms with Gasteiger partial charge in [0, 0.05) is 19.1 Å². The van der Waals surface area contributed by atoms with Gasteiger partial charge in [0.05, 0.1) is 0 Å². The molecule has 0 aliphatic rings. The van der Waals surface area contributed by atoms with Crippen molar-refractivity contribution < 1.29 is 4.39 Å². The SMILES string of the molecule is Cc1cc(C(CN)NCc2ccccc2)ccc1F. The molecule has 1 atom stereocenters. The van der Waals surface area contributed by atoms with Crippen LogP contribution in [0.3, 0.4) is 0 Å². The fourth-order valence-electron chi connectivity index (χ4n) is 2.06. The molecule has 3 N–H and O–H groups in total. The summed E-state index contributed by atoms with van der Waals surface area (Å²) in [5, 5.41) is 3.40. The molecule has 0 saturated heterocycles. The first-order valence-electron chi connectivity index (χ1n) is 6.44. The van der Waals surface area contributed by atoms with Crippen molar-refractivity contribution in [1.82, 2.24) is 5.32 Å². The standard InChI is InChI=1S/C16H19FN2/c1-12-9-14(7-8-15(12)17)16(10-18)19-11-13-5-3-2-4-6-13/h2-9,16,19H,10-11,18H2,1H3. The Bertz CT molecular complexity index is 526. The quantitative estimate of drug-likeness (QED) is 0.865. The van der Waals surface area contributed by atoms with E-state index in [0.717, 1.165) is 12.1 Å². The summed E-state index contributed by atoms with van der Waals surface area (Å²) in [5.74, 6) is -0.178. The van der Waals surface area contributed by atoms with E-state index in [2.05, 4.69) is 17.4 Å². The van der Waals surface area contributed by atoms with Gasteiger partial charge in [-0.2, -0.15) is 0 Å². The molecule has 0 aromatic heterocycles. The average molecular weight is 258 g/mol. The van der Waals surface area contributed by atoms with E-state index in [9.17, 15) is 4.39 Å². The van der Waals surface area contributed by atoms with Crippen LogP contribution in [0.15, 0.2) is 48.5 Å². The highest BCUT2D eigenvalue weighted by Crippen LogP contribution is 2.16. The Morgan fingerprint density at radius 3 is 2.53 bits per heavy atom. The van der Waals surface area contributed by atoms with Crippen molar-refractivity contribution in [2.75, 3.05) is 6.54 Å². The highest BCUT2D eigenvalue weighted by atomic mass is 19.1. The van der Waals surface area contributed by atoms with Crippen molar-refractivity contribution >= 4 is 0 Å². The summed E-state index contributed by atoms with van der Waals surface area (Å²) in [6.45, 7) is 3.00. The summed E-state index contributed by atoms with van der Waals surface area (Å²) < 4.78 is 13.3. The van der Waals surface area contributed by atoms with E-state index < -0.39 is 0 Å². The van der Waals surface area contributed by atoms with Crippen LogP contribution in [0, 0.1) is 12.7 Å². The van der Waals surface area contributed by atoms with Crippen molar-refractivity contribution in [3.8, 4) is 0 Å². The van der Waals surface area contributed by atoms with Crippen molar-refractivity contribution in [3.05, 3.63) is 71.0 Å². The molecule has 19 heavy (non-hydrogen) atoms. The van der Waals surface area contributed by atoms with Gasteiger partial charge in [-0.25, -0.2) is 4.39 Å². The number of halogens is 1. The van der Waals surface area contributed by atoms with Crippen molar-refractivity contribution in [2.24, 2.45) is 5.73 Å². The lowest BCUT2D eigenvalue weighted by Crippen LogP contribution is -2.27. The van der Waals surface area contributed by atoms with Crippen LogP contribution in [-0.4, -0.2) is 6.54 Å². The van der Waals surface area contributed by atoms with Gasteiger partial charge in [-0.1, -0.05) is 42.5 Å². The molecule has 1 unspecified atom stereocenters. The summed E-state index contributed by atoms with van der Waals surface area (Å²) in [4.78, 5) is 0. The lowest BCUT2D eigenvalue weighted by molar-refractivity contribution is 0.539. The van der Waals surface area contributed by atoms with Crippen LogP contribution in [-0.2, 0) is 6.54 Å². The van der Waals surface area contributed by atoms with Crippen LogP contribution in [0.2, 0.25) is 0 Å². The monoisotopic (exact) mass is 258 g/mol. The lowest BCUT2D eigenvalue weighted by atomic mass is 10.0. The van der Waals surface area contributed by atoms with E-state index in [1.54, 1.807) is 13.0 Å². The van der Waals surface area contributed by atoms with Gasteiger partial charge >= 0.3 is 0 Å². The van der Waals surface area contributed by atoms with E-state index in [-0.39, 0.29) is 11.9 Å². The van der Waals surface area contributed by atoms with Crippen LogP contribution in [0.4, 0.5) is 4.39 Å². The Hall–Kier alpha value is -1.71. The number of nitrogens with one attached hydrogen (secondary N) is 1. The summed E-state index contributed by atoms with van der Waals surface area (Å²) in [7, 11) is 0. The molecule has 2 aromatic rings. The zero-order chi connectivity index (χ0) is 13.7. The van der Waals surface area contributed by atoms with E-state index >= 15 is 0 Å². The number of rotatable bonds is 5. The van der Waals surface area contributed by atoms with Gasteiger partial charge < -0.3 is 11.1 Å². The zero-order valence-corrected chi connectivity index (χ0v) is 11.1. The molecule has 0 radical (unpaired) electrons. The fraction of sp³-hybridized carbons (Fsp3) is 0.250. The number of aryl methyl sites for hydroxylation is 1. The second kappa shape index (κ2) is 6.45. The third-order valence-electron chi connectivity index (χ3n) is 3.22. The third kappa shape index (κ3) is 3.63. The van der Waals surface area contributed by atoms with Crippen LogP contribution >= 0.6 is 0 Å². The third-order valence-corrected chi connectivity index (χ3v) is 3.22. The maximum absolute atomic E-state index is 13.3. The molecule has 0 amide bonds. The van der Waals surface area contributed by atoms with Crippen LogP contribution in [0.5, 0.6) is 0 Å². The summed E-state index contributed by atoms with van der Waals surface area (Å²) >= 11 is 0. The van der Waals surface area contributed by atoms with Gasteiger partial charge in [-0.3, -0.25) is 0 Å².